The molecule has 3 rings (SSSR count). The molecular formula is C17H31ClF4N6O. The Labute approximate surface area is 173 Å². The molecule has 2 heterocycles. The molecular weight excluding hydrogens is 416 g/mol. The lowest BCUT2D eigenvalue weighted by Crippen LogP contribution is -2.76. The molecule has 5 unspecified atom stereocenters. The van der Waals surface area contributed by atoms with E-state index in [1.54, 1.807) is 0 Å². The maximum Gasteiger partial charge on any atom is 0.411 e. The SMILES string of the molecule is FC1CCC(CNC2NC(NC3CCNC(Cl)C3)NC(OCC(F)(F)F)N2)CC1. The lowest BCUT2D eigenvalue weighted by atomic mass is 9.88. The van der Waals surface area contributed by atoms with Crippen molar-refractivity contribution in [2.45, 2.75) is 81.3 Å². The van der Waals surface area contributed by atoms with Crippen LogP contribution in [0, 0.1) is 5.92 Å². The minimum Gasteiger partial charge on any atom is -0.340 e. The summed E-state index contributed by atoms with van der Waals surface area (Å²) in [6.07, 6.45) is -2.72. The topological polar surface area (TPSA) is 81.4 Å². The first-order valence-electron chi connectivity index (χ1n) is 10.2. The lowest BCUT2D eigenvalue weighted by molar-refractivity contribution is -0.199. The molecule has 0 aromatic carbocycles. The van der Waals surface area contributed by atoms with Gasteiger partial charge in [0, 0.05) is 12.6 Å². The molecule has 1 aliphatic carbocycles. The average Bonchev–Trinajstić information content (AvgIpc) is 2.65. The molecule has 3 fully saturated rings. The Bertz CT molecular complexity index is 497. The van der Waals surface area contributed by atoms with Crippen molar-refractivity contribution in [2.75, 3.05) is 19.7 Å². The van der Waals surface area contributed by atoms with Gasteiger partial charge in [0.25, 0.3) is 0 Å². The first-order valence-corrected chi connectivity index (χ1v) is 10.7. The van der Waals surface area contributed by atoms with Gasteiger partial charge in [-0.05, 0) is 51.0 Å². The van der Waals surface area contributed by atoms with Crippen LogP contribution in [0.15, 0.2) is 0 Å². The fraction of sp³-hybridized carbons (Fsp3) is 1.00. The van der Waals surface area contributed by atoms with E-state index in [1.807, 2.05) is 0 Å². The minimum absolute atomic E-state index is 0.116. The Kier molecular flexibility index (Phi) is 8.75. The number of hydrogen-bond acceptors (Lipinski definition) is 7. The van der Waals surface area contributed by atoms with Gasteiger partial charge in [-0.3, -0.25) is 26.6 Å². The summed E-state index contributed by atoms with van der Waals surface area (Å²) < 4.78 is 56.0. The van der Waals surface area contributed by atoms with Crippen molar-refractivity contribution in [1.29, 1.82) is 0 Å². The van der Waals surface area contributed by atoms with E-state index in [-0.39, 0.29) is 11.5 Å². The van der Waals surface area contributed by atoms with Gasteiger partial charge in [-0.15, -0.1) is 11.6 Å². The van der Waals surface area contributed by atoms with E-state index in [4.69, 9.17) is 16.3 Å². The summed E-state index contributed by atoms with van der Waals surface area (Å²) in [6.45, 7) is 0.0612. The summed E-state index contributed by atoms with van der Waals surface area (Å²) >= 11 is 6.14. The van der Waals surface area contributed by atoms with Gasteiger partial charge in [0.15, 0.2) is 6.35 Å². The van der Waals surface area contributed by atoms with E-state index < -0.39 is 37.9 Å². The van der Waals surface area contributed by atoms with Crippen LogP contribution in [0.5, 0.6) is 0 Å². The predicted molar refractivity (Wildman–Crippen MR) is 101 cm³/mol. The third-order valence-electron chi connectivity index (χ3n) is 5.52. The van der Waals surface area contributed by atoms with Crippen molar-refractivity contribution in [2.24, 2.45) is 5.92 Å². The summed E-state index contributed by atoms with van der Waals surface area (Å²) in [7, 11) is 0. The van der Waals surface area contributed by atoms with Gasteiger partial charge in [-0.2, -0.15) is 13.2 Å². The Morgan fingerprint density at radius 3 is 2.41 bits per heavy atom. The maximum absolute atomic E-state index is 13.3. The van der Waals surface area contributed by atoms with E-state index in [1.165, 1.54) is 0 Å². The fourth-order valence-corrected chi connectivity index (χ4v) is 4.29. The molecule has 12 heteroatoms. The number of nitrogens with one attached hydrogen (secondary N) is 6. The molecule has 1 saturated carbocycles. The van der Waals surface area contributed by atoms with Crippen LogP contribution >= 0.6 is 11.6 Å². The molecule has 3 aliphatic rings. The highest BCUT2D eigenvalue weighted by Gasteiger charge is 2.34. The molecule has 2 aliphatic heterocycles. The van der Waals surface area contributed by atoms with Crippen molar-refractivity contribution < 1.29 is 22.3 Å². The average molecular weight is 447 g/mol. The second-order valence-electron chi connectivity index (χ2n) is 8.01. The largest absolute Gasteiger partial charge is 0.411 e. The van der Waals surface area contributed by atoms with Crippen LogP contribution in [0.3, 0.4) is 0 Å². The third-order valence-corrected chi connectivity index (χ3v) is 5.85. The number of piperidine rings is 1. The first-order chi connectivity index (χ1) is 13.8. The van der Waals surface area contributed by atoms with Crippen LogP contribution in [0.1, 0.15) is 38.5 Å². The number of ether oxygens (including phenoxy) is 1. The summed E-state index contributed by atoms with van der Waals surface area (Å²) in [5, 5.41) is 18.9. The molecule has 29 heavy (non-hydrogen) atoms. The summed E-state index contributed by atoms with van der Waals surface area (Å²) in [4.78, 5) is 0. The highest BCUT2D eigenvalue weighted by molar-refractivity contribution is 6.20. The molecule has 5 atom stereocenters. The molecule has 170 valence electrons. The van der Waals surface area contributed by atoms with Crippen LogP contribution in [0.4, 0.5) is 17.6 Å². The van der Waals surface area contributed by atoms with Crippen molar-refractivity contribution >= 4 is 11.6 Å². The number of alkyl halides is 5. The zero-order valence-electron chi connectivity index (χ0n) is 16.2. The molecule has 7 nitrogen and oxygen atoms in total. The molecule has 0 aromatic heterocycles. The van der Waals surface area contributed by atoms with Crippen LogP contribution in [0.2, 0.25) is 0 Å². The molecule has 6 N–H and O–H groups in total. The highest BCUT2D eigenvalue weighted by Crippen LogP contribution is 2.25. The zero-order valence-corrected chi connectivity index (χ0v) is 17.0. The third kappa shape index (κ3) is 8.41. The predicted octanol–water partition coefficient (Wildman–Crippen LogP) is 1.22. The highest BCUT2D eigenvalue weighted by atomic mass is 35.5. The van der Waals surface area contributed by atoms with E-state index >= 15 is 0 Å². The Hall–Kier alpha value is -0.270. The van der Waals surface area contributed by atoms with Crippen LogP contribution in [-0.2, 0) is 4.74 Å². The van der Waals surface area contributed by atoms with Crippen molar-refractivity contribution in [3.05, 3.63) is 0 Å². The van der Waals surface area contributed by atoms with Gasteiger partial charge in [-0.25, -0.2) is 4.39 Å². The smallest absolute Gasteiger partial charge is 0.340 e. The quantitative estimate of drug-likeness (QED) is 0.199. The van der Waals surface area contributed by atoms with Gasteiger partial charge in [-0.1, -0.05) is 0 Å². The fourth-order valence-electron chi connectivity index (χ4n) is 3.96. The van der Waals surface area contributed by atoms with E-state index in [9.17, 15) is 17.6 Å². The maximum atomic E-state index is 13.3. The Balaban J connectivity index is 1.51. The molecule has 0 radical (unpaired) electrons. The van der Waals surface area contributed by atoms with Crippen molar-refractivity contribution in [1.82, 2.24) is 31.9 Å². The number of halogens is 5. The van der Waals surface area contributed by atoms with Gasteiger partial charge in [0.05, 0.1) is 5.50 Å². The van der Waals surface area contributed by atoms with Gasteiger partial charge in [0.2, 0.25) is 0 Å². The molecule has 0 spiro atoms. The normalized spacial score (nSPS) is 39.4. The molecule has 0 aromatic rings. The Morgan fingerprint density at radius 1 is 1.00 bits per heavy atom. The van der Waals surface area contributed by atoms with Gasteiger partial charge >= 0.3 is 6.18 Å². The van der Waals surface area contributed by atoms with Crippen LogP contribution < -0.4 is 31.9 Å². The first kappa shape index (κ1) is 23.4. The monoisotopic (exact) mass is 446 g/mol. The Morgan fingerprint density at radius 2 is 1.72 bits per heavy atom. The van der Waals surface area contributed by atoms with E-state index in [2.05, 4.69) is 31.9 Å². The van der Waals surface area contributed by atoms with Crippen molar-refractivity contribution in [3.63, 3.8) is 0 Å². The van der Waals surface area contributed by atoms with Gasteiger partial charge in [0.1, 0.15) is 25.4 Å². The summed E-state index contributed by atoms with van der Waals surface area (Å²) in [5.41, 5.74) is -0.139. The number of rotatable bonds is 7. The second-order valence-corrected chi connectivity index (χ2v) is 8.53. The second kappa shape index (κ2) is 10.9. The van der Waals surface area contributed by atoms with Crippen molar-refractivity contribution in [3.8, 4) is 0 Å². The summed E-state index contributed by atoms with van der Waals surface area (Å²) in [6, 6.07) is 0.116. The van der Waals surface area contributed by atoms with E-state index in [0.29, 0.717) is 31.7 Å². The van der Waals surface area contributed by atoms with Crippen LogP contribution in [-0.4, -0.2) is 62.5 Å². The zero-order chi connectivity index (χ0) is 20.9. The standard InChI is InChI=1S/C17H31ClF4N6O/c18-13-7-12(5-6-23-13)25-15-26-14(24-8-10-1-3-11(19)4-2-10)27-16(28-15)29-9-17(20,21)22/h10-16,23-28H,1-9H2. The molecule has 0 amide bonds. The molecule has 0 bridgehead atoms. The van der Waals surface area contributed by atoms with Crippen LogP contribution in [0.25, 0.3) is 0 Å². The van der Waals surface area contributed by atoms with E-state index in [0.717, 1.165) is 25.8 Å². The minimum atomic E-state index is -4.41. The molecule has 2 saturated heterocycles. The summed E-state index contributed by atoms with van der Waals surface area (Å²) in [5.74, 6) is 0.350. The van der Waals surface area contributed by atoms with Gasteiger partial charge < -0.3 is 10.1 Å². The lowest BCUT2D eigenvalue weighted by Gasteiger charge is -2.42. The number of hydrogen-bond donors (Lipinski definition) is 6.